The van der Waals surface area contributed by atoms with Crippen LogP contribution in [0.3, 0.4) is 0 Å². The lowest BCUT2D eigenvalue weighted by Gasteiger charge is -2.30. The molecule has 0 N–H and O–H groups in total. The molecule has 2 aromatic rings. The Hall–Kier alpha value is -2.55. The van der Waals surface area contributed by atoms with E-state index in [4.69, 9.17) is 0 Å². The number of amides is 1. The van der Waals surface area contributed by atoms with Gasteiger partial charge in [0.2, 0.25) is 0 Å². The summed E-state index contributed by atoms with van der Waals surface area (Å²) in [5, 5.41) is 0. The molecule has 0 aromatic heterocycles. The quantitative estimate of drug-likeness (QED) is 0.679. The molecule has 0 aliphatic carbocycles. The number of benzene rings is 2. The maximum absolute atomic E-state index is 13.4. The molecule has 0 spiro atoms. The summed E-state index contributed by atoms with van der Waals surface area (Å²) in [5.41, 5.74) is 1.70. The van der Waals surface area contributed by atoms with Crippen LogP contribution >= 0.6 is 0 Å². The molecule has 162 valence electrons. The maximum Gasteiger partial charge on any atom is 0.471 e. The molecule has 0 saturated carbocycles. The minimum atomic E-state index is -4.95. The summed E-state index contributed by atoms with van der Waals surface area (Å²) in [5.74, 6) is -1.91. The van der Waals surface area contributed by atoms with Gasteiger partial charge in [0, 0.05) is 19.6 Å². The summed E-state index contributed by atoms with van der Waals surface area (Å²) < 4.78 is 66.4. The lowest BCUT2D eigenvalue weighted by Crippen LogP contribution is -2.43. The smallest absolute Gasteiger partial charge is 0.330 e. The van der Waals surface area contributed by atoms with Crippen LogP contribution in [0.1, 0.15) is 30.9 Å². The van der Waals surface area contributed by atoms with Crippen LogP contribution in [0.5, 0.6) is 0 Å². The fourth-order valence-electron chi connectivity index (χ4n) is 3.46. The van der Waals surface area contributed by atoms with Gasteiger partial charge in [0.05, 0.1) is 10.6 Å². The number of rotatable bonds is 6. The van der Waals surface area contributed by atoms with Crippen molar-refractivity contribution in [3.63, 3.8) is 0 Å². The van der Waals surface area contributed by atoms with E-state index in [-0.39, 0.29) is 24.4 Å². The first kappa shape index (κ1) is 22.1. The van der Waals surface area contributed by atoms with Crippen LogP contribution in [0.15, 0.2) is 53.4 Å². The van der Waals surface area contributed by atoms with Crippen LogP contribution < -0.4 is 4.31 Å². The molecule has 0 atom stereocenters. The molecular formula is C21H23F3N2O3S. The summed E-state index contributed by atoms with van der Waals surface area (Å²) in [7, 11) is -3.92. The summed E-state index contributed by atoms with van der Waals surface area (Å²) in [6.07, 6.45) is -3.24. The van der Waals surface area contributed by atoms with Gasteiger partial charge < -0.3 is 4.90 Å². The number of hydrogen-bond donors (Lipinski definition) is 0. The summed E-state index contributed by atoms with van der Waals surface area (Å²) >= 11 is 0. The molecule has 5 nitrogen and oxygen atoms in total. The summed E-state index contributed by atoms with van der Waals surface area (Å²) in [6.45, 7) is 1.93. The van der Waals surface area contributed by atoms with E-state index in [1.54, 1.807) is 36.4 Å². The Morgan fingerprint density at radius 2 is 1.80 bits per heavy atom. The van der Waals surface area contributed by atoms with E-state index in [1.165, 1.54) is 16.4 Å². The molecule has 1 aliphatic heterocycles. The van der Waals surface area contributed by atoms with Crippen LogP contribution in [0.4, 0.5) is 18.9 Å². The van der Waals surface area contributed by atoms with Crippen molar-refractivity contribution < 1.29 is 26.4 Å². The van der Waals surface area contributed by atoms with Crippen LogP contribution in [-0.2, 0) is 27.8 Å². The first-order chi connectivity index (χ1) is 14.1. The van der Waals surface area contributed by atoms with Gasteiger partial charge in [0.1, 0.15) is 0 Å². The van der Waals surface area contributed by atoms with E-state index < -0.39 is 22.1 Å². The molecule has 0 bridgehead atoms. The summed E-state index contributed by atoms with van der Waals surface area (Å²) in [6, 6.07) is 13.2. The van der Waals surface area contributed by atoms with Gasteiger partial charge in [-0.2, -0.15) is 13.2 Å². The number of nitrogens with zero attached hydrogens (tertiary/aromatic N) is 2. The van der Waals surface area contributed by atoms with Crippen LogP contribution in [-0.4, -0.2) is 38.5 Å². The third-order valence-corrected chi connectivity index (χ3v) is 6.89. The molecule has 1 amide bonds. The average Bonchev–Trinajstić information content (AvgIpc) is 2.72. The van der Waals surface area contributed by atoms with E-state index >= 15 is 0 Å². The Labute approximate surface area is 174 Å². The molecule has 3 rings (SSSR count). The van der Waals surface area contributed by atoms with Gasteiger partial charge >= 0.3 is 12.1 Å². The van der Waals surface area contributed by atoms with Gasteiger partial charge in [-0.25, -0.2) is 8.42 Å². The highest BCUT2D eigenvalue weighted by Crippen LogP contribution is 2.29. The largest absolute Gasteiger partial charge is 0.471 e. The molecule has 0 radical (unpaired) electrons. The van der Waals surface area contributed by atoms with E-state index in [1.807, 2.05) is 6.92 Å². The van der Waals surface area contributed by atoms with E-state index in [0.717, 1.165) is 12.0 Å². The molecule has 1 aliphatic rings. The Kier molecular flexibility index (Phi) is 6.40. The van der Waals surface area contributed by atoms with Gasteiger partial charge in [0.25, 0.3) is 10.0 Å². The topological polar surface area (TPSA) is 57.7 Å². The summed E-state index contributed by atoms with van der Waals surface area (Å²) in [4.78, 5) is 12.3. The molecule has 0 saturated heterocycles. The van der Waals surface area contributed by atoms with E-state index in [9.17, 15) is 26.4 Å². The van der Waals surface area contributed by atoms with Crippen molar-refractivity contribution >= 4 is 21.6 Å². The van der Waals surface area contributed by atoms with Crippen LogP contribution in [0, 0.1) is 0 Å². The standard InChI is InChI=1S/C21H23F3N2O3S/c1-2-3-12-26(18-7-5-4-6-8-18)30(28,29)19-10-9-16-11-13-25(15-17(16)14-19)20(27)21(22,23)24/h4-10,14H,2-3,11-13,15H2,1H3. The lowest BCUT2D eigenvalue weighted by molar-refractivity contribution is -0.186. The van der Waals surface area contributed by atoms with Crippen LogP contribution in [0.2, 0.25) is 0 Å². The third-order valence-electron chi connectivity index (χ3n) is 5.07. The zero-order valence-electron chi connectivity index (χ0n) is 16.5. The highest BCUT2D eigenvalue weighted by atomic mass is 32.2. The molecule has 30 heavy (non-hydrogen) atoms. The number of carbonyl (C=O) groups excluding carboxylic acids is 1. The average molecular weight is 440 g/mol. The molecule has 9 heteroatoms. The van der Waals surface area contributed by atoms with Crippen molar-refractivity contribution in [2.75, 3.05) is 17.4 Å². The monoisotopic (exact) mass is 440 g/mol. The predicted molar refractivity (Wildman–Crippen MR) is 107 cm³/mol. The fraction of sp³-hybridized carbons (Fsp3) is 0.381. The van der Waals surface area contributed by atoms with Gasteiger partial charge in [-0.15, -0.1) is 0 Å². The second kappa shape index (κ2) is 8.67. The normalized spacial score (nSPS) is 14.3. The van der Waals surface area contributed by atoms with Gasteiger partial charge in [-0.3, -0.25) is 9.10 Å². The second-order valence-corrected chi connectivity index (χ2v) is 9.03. The van der Waals surface area contributed by atoms with Crippen molar-refractivity contribution in [2.24, 2.45) is 0 Å². The Bertz CT molecular complexity index is 1010. The minimum Gasteiger partial charge on any atom is -0.330 e. The molecule has 2 aromatic carbocycles. The van der Waals surface area contributed by atoms with Crippen molar-refractivity contribution in [1.29, 1.82) is 0 Å². The number of alkyl halides is 3. The van der Waals surface area contributed by atoms with Gasteiger partial charge in [-0.1, -0.05) is 37.6 Å². The molecule has 0 unspecified atom stereocenters. The first-order valence-corrected chi connectivity index (χ1v) is 11.1. The van der Waals surface area contributed by atoms with Crippen molar-refractivity contribution in [2.45, 2.75) is 43.8 Å². The molecule has 0 fully saturated rings. The predicted octanol–water partition coefficient (Wildman–Crippen LogP) is 4.13. The minimum absolute atomic E-state index is 0.00233. The number of anilines is 1. The second-order valence-electron chi connectivity index (χ2n) is 7.17. The maximum atomic E-state index is 13.4. The van der Waals surface area contributed by atoms with Crippen molar-refractivity contribution in [1.82, 2.24) is 4.90 Å². The van der Waals surface area contributed by atoms with Crippen LogP contribution in [0.25, 0.3) is 0 Å². The number of unbranched alkanes of at least 4 members (excludes halogenated alkanes) is 1. The molecule has 1 heterocycles. The first-order valence-electron chi connectivity index (χ1n) is 9.70. The number of fused-ring (bicyclic) bond motifs is 1. The zero-order chi connectivity index (χ0) is 21.9. The SMILES string of the molecule is CCCCN(c1ccccc1)S(=O)(=O)c1ccc2c(c1)CN(C(=O)C(F)(F)F)CC2. The number of para-hydroxylation sites is 1. The number of hydrogen-bond acceptors (Lipinski definition) is 3. The lowest BCUT2D eigenvalue weighted by atomic mass is 10.00. The highest BCUT2D eigenvalue weighted by Gasteiger charge is 2.43. The number of carbonyl (C=O) groups is 1. The Balaban J connectivity index is 1.94. The van der Waals surface area contributed by atoms with Crippen molar-refractivity contribution in [3.8, 4) is 0 Å². The Morgan fingerprint density at radius 1 is 1.10 bits per heavy atom. The molecular weight excluding hydrogens is 417 g/mol. The number of sulfonamides is 1. The number of halogens is 3. The third kappa shape index (κ3) is 4.61. The van der Waals surface area contributed by atoms with Gasteiger partial charge in [-0.05, 0) is 48.2 Å². The van der Waals surface area contributed by atoms with Gasteiger partial charge in [0.15, 0.2) is 0 Å². The van der Waals surface area contributed by atoms with E-state index in [2.05, 4.69) is 0 Å². The van der Waals surface area contributed by atoms with E-state index in [0.29, 0.717) is 29.1 Å². The van der Waals surface area contributed by atoms with Crippen molar-refractivity contribution in [3.05, 3.63) is 59.7 Å². The highest BCUT2D eigenvalue weighted by molar-refractivity contribution is 7.92. The fourth-order valence-corrected chi connectivity index (χ4v) is 5.01. The zero-order valence-corrected chi connectivity index (χ0v) is 17.3. The Morgan fingerprint density at radius 3 is 2.43 bits per heavy atom.